The van der Waals surface area contributed by atoms with Crippen molar-refractivity contribution in [3.63, 3.8) is 0 Å². The zero-order valence-electron chi connectivity index (χ0n) is 13.6. The molecule has 0 saturated heterocycles. The summed E-state index contributed by atoms with van der Waals surface area (Å²) in [5.74, 6) is 0.613. The summed E-state index contributed by atoms with van der Waals surface area (Å²) in [4.78, 5) is 14.2. The summed E-state index contributed by atoms with van der Waals surface area (Å²) in [6, 6.07) is 14.1. The molecule has 0 heterocycles. The van der Waals surface area contributed by atoms with E-state index in [2.05, 4.69) is 0 Å². The average Bonchev–Trinajstić information content (AvgIpc) is 2.58. The van der Waals surface area contributed by atoms with E-state index in [4.69, 9.17) is 4.74 Å². The second-order valence-corrected chi connectivity index (χ2v) is 5.39. The molecular formula is C19H22FNO2. The van der Waals surface area contributed by atoms with E-state index in [9.17, 15) is 9.18 Å². The van der Waals surface area contributed by atoms with Crippen molar-refractivity contribution in [2.75, 3.05) is 13.7 Å². The van der Waals surface area contributed by atoms with Gasteiger partial charge in [0.25, 0.3) is 0 Å². The van der Waals surface area contributed by atoms with Crippen LogP contribution in [0.1, 0.15) is 24.5 Å². The van der Waals surface area contributed by atoms with E-state index in [1.165, 1.54) is 12.1 Å². The summed E-state index contributed by atoms with van der Waals surface area (Å²) >= 11 is 0. The first-order valence-corrected chi connectivity index (χ1v) is 7.77. The highest BCUT2D eigenvalue weighted by Crippen LogP contribution is 2.14. The summed E-state index contributed by atoms with van der Waals surface area (Å²) in [6.07, 6.45) is 0.934. The second kappa shape index (κ2) is 8.32. The molecule has 0 N–H and O–H groups in total. The zero-order chi connectivity index (χ0) is 16.7. The van der Waals surface area contributed by atoms with Gasteiger partial charge in [0.2, 0.25) is 5.91 Å². The lowest BCUT2D eigenvalue weighted by Gasteiger charge is -2.21. The highest BCUT2D eigenvalue weighted by Gasteiger charge is 2.12. The van der Waals surface area contributed by atoms with Crippen LogP contribution in [0.5, 0.6) is 5.75 Å². The summed E-state index contributed by atoms with van der Waals surface area (Å²) < 4.78 is 18.3. The predicted octanol–water partition coefficient (Wildman–Crippen LogP) is 3.82. The van der Waals surface area contributed by atoms with Crippen molar-refractivity contribution in [3.05, 3.63) is 65.5 Å². The van der Waals surface area contributed by atoms with Crippen molar-refractivity contribution in [1.29, 1.82) is 0 Å². The molecule has 1 amide bonds. The molecule has 0 aliphatic rings. The van der Waals surface area contributed by atoms with Crippen LogP contribution in [-0.2, 0) is 17.8 Å². The number of hydrogen-bond acceptors (Lipinski definition) is 2. The predicted molar refractivity (Wildman–Crippen MR) is 88.8 cm³/mol. The Morgan fingerprint density at radius 1 is 1.13 bits per heavy atom. The van der Waals surface area contributed by atoms with Crippen LogP contribution in [0.25, 0.3) is 0 Å². The number of hydrogen-bond donors (Lipinski definition) is 0. The molecular weight excluding hydrogens is 293 g/mol. The largest absolute Gasteiger partial charge is 0.497 e. The standard InChI is InChI=1S/C19H22FNO2/c1-3-21(14-16-7-10-18(23-2)11-8-16)19(22)12-9-15-5-4-6-17(20)13-15/h4-8,10-11,13H,3,9,12,14H2,1-2H3. The number of amides is 1. The van der Waals surface area contributed by atoms with Crippen LogP contribution >= 0.6 is 0 Å². The Labute approximate surface area is 136 Å². The van der Waals surface area contributed by atoms with Crippen LogP contribution in [0.2, 0.25) is 0 Å². The first kappa shape index (κ1) is 17.0. The molecule has 0 atom stereocenters. The van der Waals surface area contributed by atoms with Gasteiger partial charge >= 0.3 is 0 Å². The summed E-state index contributed by atoms with van der Waals surface area (Å²) in [7, 11) is 1.63. The first-order chi connectivity index (χ1) is 11.1. The van der Waals surface area contributed by atoms with E-state index < -0.39 is 0 Å². The number of ether oxygens (including phenoxy) is 1. The third-order valence-corrected chi connectivity index (χ3v) is 3.78. The first-order valence-electron chi connectivity index (χ1n) is 7.77. The summed E-state index contributed by atoms with van der Waals surface area (Å²) in [5, 5.41) is 0. The highest BCUT2D eigenvalue weighted by atomic mass is 19.1. The fourth-order valence-corrected chi connectivity index (χ4v) is 2.43. The van der Waals surface area contributed by atoms with Crippen LogP contribution < -0.4 is 4.74 Å². The molecule has 0 radical (unpaired) electrons. The quantitative estimate of drug-likeness (QED) is 0.777. The Hall–Kier alpha value is -2.36. The van der Waals surface area contributed by atoms with Crippen LogP contribution in [-0.4, -0.2) is 24.5 Å². The second-order valence-electron chi connectivity index (χ2n) is 5.39. The molecule has 122 valence electrons. The maximum Gasteiger partial charge on any atom is 0.223 e. The van der Waals surface area contributed by atoms with Crippen molar-refractivity contribution in [3.8, 4) is 5.75 Å². The van der Waals surface area contributed by atoms with Crippen molar-refractivity contribution in [2.24, 2.45) is 0 Å². The summed E-state index contributed by atoms with van der Waals surface area (Å²) in [5.41, 5.74) is 1.91. The Morgan fingerprint density at radius 3 is 2.48 bits per heavy atom. The van der Waals surface area contributed by atoms with Gasteiger partial charge in [-0.15, -0.1) is 0 Å². The highest BCUT2D eigenvalue weighted by molar-refractivity contribution is 5.76. The van der Waals surface area contributed by atoms with Crippen LogP contribution in [0.15, 0.2) is 48.5 Å². The lowest BCUT2D eigenvalue weighted by molar-refractivity contribution is -0.131. The fraction of sp³-hybridized carbons (Fsp3) is 0.316. The van der Waals surface area contributed by atoms with Crippen molar-refractivity contribution >= 4 is 5.91 Å². The molecule has 23 heavy (non-hydrogen) atoms. The SMILES string of the molecule is CCN(Cc1ccc(OC)cc1)C(=O)CCc1cccc(F)c1. The third kappa shape index (κ3) is 5.09. The molecule has 3 nitrogen and oxygen atoms in total. The van der Waals surface area contributed by atoms with Crippen molar-refractivity contribution in [2.45, 2.75) is 26.3 Å². The van der Waals surface area contributed by atoms with E-state index in [0.29, 0.717) is 25.9 Å². The minimum atomic E-state index is -0.263. The smallest absolute Gasteiger partial charge is 0.223 e. The lowest BCUT2D eigenvalue weighted by atomic mass is 10.1. The molecule has 0 saturated carbocycles. The number of nitrogens with zero attached hydrogens (tertiary/aromatic N) is 1. The average molecular weight is 315 g/mol. The molecule has 4 heteroatoms. The van der Waals surface area contributed by atoms with E-state index in [1.54, 1.807) is 18.1 Å². The van der Waals surface area contributed by atoms with Crippen LogP contribution in [0.3, 0.4) is 0 Å². The molecule has 0 aliphatic heterocycles. The van der Waals surface area contributed by atoms with Gasteiger partial charge in [-0.1, -0.05) is 24.3 Å². The maximum absolute atomic E-state index is 13.2. The van der Waals surface area contributed by atoms with Gasteiger partial charge in [-0.2, -0.15) is 0 Å². The summed E-state index contributed by atoms with van der Waals surface area (Å²) in [6.45, 7) is 3.18. The third-order valence-electron chi connectivity index (χ3n) is 3.78. The Kier molecular flexibility index (Phi) is 6.15. The molecule has 2 rings (SSSR count). The Morgan fingerprint density at radius 2 is 1.87 bits per heavy atom. The van der Waals surface area contributed by atoms with Gasteiger partial charge in [-0.3, -0.25) is 4.79 Å². The molecule has 2 aromatic rings. The van der Waals surface area contributed by atoms with Gasteiger partial charge in [0.05, 0.1) is 7.11 Å². The molecule has 0 unspecified atom stereocenters. The Balaban J connectivity index is 1.92. The molecule has 0 aromatic heterocycles. The van der Waals surface area contributed by atoms with Crippen LogP contribution in [0.4, 0.5) is 4.39 Å². The zero-order valence-corrected chi connectivity index (χ0v) is 13.6. The normalized spacial score (nSPS) is 10.4. The number of carbonyl (C=O) groups is 1. The van der Waals surface area contributed by atoms with Crippen molar-refractivity contribution < 1.29 is 13.9 Å². The van der Waals surface area contributed by atoms with E-state index >= 15 is 0 Å². The number of halogens is 1. The van der Waals surface area contributed by atoms with E-state index in [0.717, 1.165) is 16.9 Å². The lowest BCUT2D eigenvalue weighted by Crippen LogP contribution is -2.30. The maximum atomic E-state index is 13.2. The van der Waals surface area contributed by atoms with Gasteiger partial charge in [0.15, 0.2) is 0 Å². The minimum Gasteiger partial charge on any atom is -0.497 e. The molecule has 0 fully saturated rings. The number of benzene rings is 2. The fourth-order valence-electron chi connectivity index (χ4n) is 2.43. The van der Waals surface area contributed by atoms with Gasteiger partial charge < -0.3 is 9.64 Å². The Bertz CT molecular complexity index is 640. The van der Waals surface area contributed by atoms with Gasteiger partial charge in [-0.25, -0.2) is 4.39 Å². The van der Waals surface area contributed by atoms with Gasteiger partial charge in [-0.05, 0) is 48.7 Å². The number of rotatable bonds is 7. The van der Waals surface area contributed by atoms with E-state index in [-0.39, 0.29) is 11.7 Å². The topological polar surface area (TPSA) is 29.5 Å². The molecule has 0 spiro atoms. The number of carbonyl (C=O) groups excluding carboxylic acids is 1. The van der Waals surface area contributed by atoms with E-state index in [1.807, 2.05) is 37.3 Å². The molecule has 0 bridgehead atoms. The van der Waals surface area contributed by atoms with Gasteiger partial charge in [0, 0.05) is 19.5 Å². The molecule has 2 aromatic carbocycles. The van der Waals surface area contributed by atoms with Crippen LogP contribution in [0, 0.1) is 5.82 Å². The van der Waals surface area contributed by atoms with Gasteiger partial charge in [0.1, 0.15) is 11.6 Å². The number of methoxy groups -OCH3 is 1. The molecule has 0 aliphatic carbocycles. The number of aryl methyl sites for hydroxylation is 1. The monoisotopic (exact) mass is 315 g/mol. The minimum absolute atomic E-state index is 0.0765. The van der Waals surface area contributed by atoms with Crippen molar-refractivity contribution in [1.82, 2.24) is 4.90 Å².